The van der Waals surface area contributed by atoms with E-state index in [4.69, 9.17) is 21.4 Å². The molecular weight excluding hydrogens is 325 g/mol. The van der Waals surface area contributed by atoms with Gasteiger partial charge in [-0.1, -0.05) is 17.7 Å². The number of carboxylic acid groups (broad SMARTS) is 1. The number of benzene rings is 2. The van der Waals surface area contributed by atoms with Gasteiger partial charge in [0, 0.05) is 0 Å². The Balaban J connectivity index is 2.02. The summed E-state index contributed by atoms with van der Waals surface area (Å²) in [6, 6.07) is 9.86. The maximum atomic E-state index is 13.7. The molecule has 2 aromatic rings. The molecule has 1 amide bonds. The van der Waals surface area contributed by atoms with Crippen LogP contribution in [0.25, 0.3) is 0 Å². The molecular formula is C16H13ClFNO4. The fourth-order valence-electron chi connectivity index (χ4n) is 1.77. The average Bonchev–Trinajstić information content (AvgIpc) is 2.52. The minimum Gasteiger partial charge on any atom is -0.481 e. The quantitative estimate of drug-likeness (QED) is 0.874. The molecule has 1 atom stereocenters. The molecule has 120 valence electrons. The molecule has 0 aromatic heterocycles. The first-order valence-corrected chi connectivity index (χ1v) is 7.01. The SMILES string of the molecule is CC(Oc1ccc(C(=O)O)cc1)C(=O)Nc1cccc(Cl)c1F. The first-order valence-electron chi connectivity index (χ1n) is 6.63. The number of anilines is 1. The summed E-state index contributed by atoms with van der Waals surface area (Å²) in [7, 11) is 0. The van der Waals surface area contributed by atoms with Crippen molar-refractivity contribution in [2.24, 2.45) is 0 Å². The van der Waals surface area contributed by atoms with E-state index < -0.39 is 23.8 Å². The second kappa shape index (κ2) is 7.11. The summed E-state index contributed by atoms with van der Waals surface area (Å²) < 4.78 is 19.1. The van der Waals surface area contributed by atoms with Crippen LogP contribution in [0.4, 0.5) is 10.1 Å². The summed E-state index contributed by atoms with van der Waals surface area (Å²) in [5.74, 6) is -2.02. The Morgan fingerprint density at radius 2 is 1.87 bits per heavy atom. The van der Waals surface area contributed by atoms with Gasteiger partial charge in [-0.05, 0) is 43.3 Å². The molecule has 0 saturated heterocycles. The molecule has 0 spiro atoms. The van der Waals surface area contributed by atoms with Crippen LogP contribution >= 0.6 is 11.6 Å². The Kier molecular flexibility index (Phi) is 5.18. The molecule has 23 heavy (non-hydrogen) atoms. The summed E-state index contributed by atoms with van der Waals surface area (Å²) >= 11 is 5.64. The van der Waals surface area contributed by atoms with Gasteiger partial charge in [0.05, 0.1) is 16.3 Å². The van der Waals surface area contributed by atoms with Gasteiger partial charge in [0.1, 0.15) is 5.75 Å². The molecule has 0 saturated carbocycles. The fraction of sp³-hybridized carbons (Fsp3) is 0.125. The van der Waals surface area contributed by atoms with E-state index in [1.54, 1.807) is 0 Å². The van der Waals surface area contributed by atoms with Crippen molar-refractivity contribution in [3.05, 3.63) is 58.9 Å². The number of amides is 1. The average molecular weight is 338 g/mol. The minimum absolute atomic E-state index is 0.0424. The molecule has 0 radical (unpaired) electrons. The molecule has 0 aliphatic rings. The fourth-order valence-corrected chi connectivity index (χ4v) is 1.94. The molecule has 0 fully saturated rings. The van der Waals surface area contributed by atoms with Gasteiger partial charge in [0.15, 0.2) is 11.9 Å². The van der Waals surface area contributed by atoms with E-state index in [2.05, 4.69) is 5.32 Å². The van der Waals surface area contributed by atoms with E-state index in [9.17, 15) is 14.0 Å². The number of carbonyl (C=O) groups is 2. The van der Waals surface area contributed by atoms with Crippen LogP contribution in [0.1, 0.15) is 17.3 Å². The minimum atomic E-state index is -1.06. The number of aromatic carboxylic acids is 1. The Bertz CT molecular complexity index is 733. The molecule has 2 N–H and O–H groups in total. The highest BCUT2D eigenvalue weighted by atomic mass is 35.5. The highest BCUT2D eigenvalue weighted by Gasteiger charge is 2.17. The van der Waals surface area contributed by atoms with Gasteiger partial charge in [-0.25, -0.2) is 9.18 Å². The van der Waals surface area contributed by atoms with Crippen molar-refractivity contribution in [3.8, 4) is 5.75 Å². The predicted octanol–water partition coefficient (Wildman–Crippen LogP) is 3.58. The van der Waals surface area contributed by atoms with E-state index in [-0.39, 0.29) is 16.3 Å². The van der Waals surface area contributed by atoms with Crippen LogP contribution in [-0.4, -0.2) is 23.1 Å². The van der Waals surface area contributed by atoms with Crippen LogP contribution in [0.3, 0.4) is 0 Å². The Hall–Kier alpha value is -2.60. The lowest BCUT2D eigenvalue weighted by Gasteiger charge is -2.15. The van der Waals surface area contributed by atoms with Gasteiger partial charge in [-0.15, -0.1) is 0 Å². The smallest absolute Gasteiger partial charge is 0.335 e. The second-order valence-corrected chi connectivity index (χ2v) is 5.09. The van der Waals surface area contributed by atoms with E-state index in [1.807, 2.05) is 0 Å². The first-order chi connectivity index (χ1) is 10.9. The molecule has 2 aromatic carbocycles. The maximum absolute atomic E-state index is 13.7. The van der Waals surface area contributed by atoms with E-state index in [1.165, 1.54) is 49.4 Å². The lowest BCUT2D eigenvalue weighted by molar-refractivity contribution is -0.122. The third-order valence-electron chi connectivity index (χ3n) is 2.99. The topological polar surface area (TPSA) is 75.6 Å². The lowest BCUT2D eigenvalue weighted by atomic mass is 10.2. The number of halogens is 2. The molecule has 1 unspecified atom stereocenters. The van der Waals surface area contributed by atoms with Gasteiger partial charge in [-0.2, -0.15) is 0 Å². The Labute approximate surface area is 136 Å². The summed E-state index contributed by atoms with van der Waals surface area (Å²) in [6.07, 6.45) is -0.913. The summed E-state index contributed by atoms with van der Waals surface area (Å²) in [5.41, 5.74) is 0.0645. The van der Waals surface area contributed by atoms with Crippen molar-refractivity contribution in [1.29, 1.82) is 0 Å². The number of nitrogens with one attached hydrogen (secondary N) is 1. The molecule has 0 aliphatic carbocycles. The lowest BCUT2D eigenvalue weighted by Crippen LogP contribution is -2.30. The normalized spacial score (nSPS) is 11.6. The summed E-state index contributed by atoms with van der Waals surface area (Å²) in [5, 5.41) is 11.1. The van der Waals surface area contributed by atoms with Crippen molar-refractivity contribution in [1.82, 2.24) is 0 Å². The highest BCUT2D eigenvalue weighted by molar-refractivity contribution is 6.31. The van der Waals surface area contributed by atoms with Crippen LogP contribution in [0.2, 0.25) is 5.02 Å². The monoisotopic (exact) mass is 337 g/mol. The summed E-state index contributed by atoms with van der Waals surface area (Å²) in [6.45, 7) is 1.49. The van der Waals surface area contributed by atoms with Crippen molar-refractivity contribution in [3.63, 3.8) is 0 Å². The number of ether oxygens (including phenoxy) is 1. The van der Waals surface area contributed by atoms with Crippen LogP contribution in [0.15, 0.2) is 42.5 Å². The Morgan fingerprint density at radius 1 is 1.22 bits per heavy atom. The zero-order chi connectivity index (χ0) is 17.0. The summed E-state index contributed by atoms with van der Waals surface area (Å²) in [4.78, 5) is 22.8. The molecule has 0 aliphatic heterocycles. The first kappa shape index (κ1) is 16.8. The van der Waals surface area contributed by atoms with Crippen LogP contribution in [0.5, 0.6) is 5.75 Å². The van der Waals surface area contributed by atoms with Gasteiger partial charge in [0.25, 0.3) is 5.91 Å². The number of hydrogen-bond donors (Lipinski definition) is 2. The van der Waals surface area contributed by atoms with Gasteiger partial charge in [0.2, 0.25) is 0 Å². The number of carbonyl (C=O) groups excluding carboxylic acids is 1. The van der Waals surface area contributed by atoms with E-state index in [0.29, 0.717) is 5.75 Å². The molecule has 7 heteroatoms. The molecule has 0 bridgehead atoms. The van der Waals surface area contributed by atoms with Crippen LogP contribution in [0, 0.1) is 5.82 Å². The molecule has 2 rings (SSSR count). The zero-order valence-corrected chi connectivity index (χ0v) is 12.8. The van der Waals surface area contributed by atoms with E-state index in [0.717, 1.165) is 0 Å². The number of rotatable bonds is 5. The zero-order valence-electron chi connectivity index (χ0n) is 12.0. The third kappa shape index (κ3) is 4.20. The van der Waals surface area contributed by atoms with Crippen LogP contribution in [-0.2, 0) is 4.79 Å². The number of hydrogen-bond acceptors (Lipinski definition) is 3. The highest BCUT2D eigenvalue weighted by Crippen LogP contribution is 2.22. The predicted molar refractivity (Wildman–Crippen MR) is 83.5 cm³/mol. The van der Waals surface area contributed by atoms with E-state index >= 15 is 0 Å². The van der Waals surface area contributed by atoms with Crippen molar-refractivity contribution >= 4 is 29.2 Å². The number of carboxylic acids is 1. The van der Waals surface area contributed by atoms with Gasteiger partial charge >= 0.3 is 5.97 Å². The van der Waals surface area contributed by atoms with Gasteiger partial charge in [-0.3, -0.25) is 4.79 Å². The molecule has 0 heterocycles. The van der Waals surface area contributed by atoms with Crippen molar-refractivity contribution < 1.29 is 23.8 Å². The van der Waals surface area contributed by atoms with Crippen molar-refractivity contribution in [2.45, 2.75) is 13.0 Å². The Morgan fingerprint density at radius 3 is 2.48 bits per heavy atom. The standard InChI is InChI=1S/C16H13ClFNO4/c1-9(23-11-7-5-10(6-8-11)16(21)22)15(20)19-13-4-2-3-12(17)14(13)18/h2-9H,1H3,(H,19,20)(H,21,22). The second-order valence-electron chi connectivity index (χ2n) is 4.68. The van der Waals surface area contributed by atoms with Gasteiger partial charge < -0.3 is 15.2 Å². The maximum Gasteiger partial charge on any atom is 0.335 e. The van der Waals surface area contributed by atoms with Crippen LogP contribution < -0.4 is 10.1 Å². The third-order valence-corrected chi connectivity index (χ3v) is 3.28. The molecule has 5 nitrogen and oxygen atoms in total. The largest absolute Gasteiger partial charge is 0.481 e. The van der Waals surface area contributed by atoms with Crippen molar-refractivity contribution in [2.75, 3.05) is 5.32 Å².